The Morgan fingerprint density at radius 3 is 2.55 bits per heavy atom. The summed E-state index contributed by atoms with van der Waals surface area (Å²) in [5.41, 5.74) is -1.69. The van der Waals surface area contributed by atoms with Gasteiger partial charge in [0.05, 0.1) is 37.7 Å². The molecule has 0 bridgehead atoms. The van der Waals surface area contributed by atoms with Crippen LogP contribution in [0.25, 0.3) is 0 Å². The van der Waals surface area contributed by atoms with Crippen LogP contribution in [0.15, 0.2) is 24.0 Å². The number of hydrogen-bond donors (Lipinski definition) is 2. The third-order valence-corrected chi connectivity index (χ3v) is 8.39. The fraction of sp³-hybridized carbons (Fsp3) is 0.643. The largest absolute Gasteiger partial charge is 0.497 e. The molecular formula is C28H37NO9. The van der Waals surface area contributed by atoms with Crippen molar-refractivity contribution in [1.82, 2.24) is 4.90 Å². The number of carbonyl (C=O) groups excluding carboxylic acids is 2. The van der Waals surface area contributed by atoms with Crippen molar-refractivity contribution >= 4 is 11.9 Å². The molecule has 0 radical (unpaired) electrons. The van der Waals surface area contributed by atoms with Gasteiger partial charge in [0, 0.05) is 6.54 Å². The molecular weight excluding hydrogens is 494 g/mol. The maximum absolute atomic E-state index is 13.7. The first-order chi connectivity index (χ1) is 18.0. The lowest BCUT2D eigenvalue weighted by atomic mass is 9.77. The Bertz CT molecular complexity index is 1140. The lowest BCUT2D eigenvalue weighted by Gasteiger charge is -2.39. The highest BCUT2D eigenvalue weighted by Gasteiger charge is 2.59. The Morgan fingerprint density at radius 1 is 1.13 bits per heavy atom. The molecule has 10 heteroatoms. The molecule has 0 aromatic heterocycles. The zero-order valence-electron chi connectivity index (χ0n) is 22.5. The Balaban J connectivity index is 1.53. The fourth-order valence-corrected chi connectivity index (χ4v) is 6.41. The van der Waals surface area contributed by atoms with Crippen molar-refractivity contribution in [1.29, 1.82) is 0 Å². The first kappa shape index (κ1) is 26.8. The molecule has 4 atom stereocenters. The van der Waals surface area contributed by atoms with E-state index < -0.39 is 41.2 Å². The van der Waals surface area contributed by atoms with Crippen molar-refractivity contribution in [3.05, 3.63) is 35.1 Å². The second-order valence-corrected chi connectivity index (χ2v) is 11.4. The monoisotopic (exact) mass is 531 g/mol. The number of esters is 2. The number of carbonyl (C=O) groups is 2. The summed E-state index contributed by atoms with van der Waals surface area (Å²) < 4.78 is 28.0. The van der Waals surface area contributed by atoms with E-state index in [0.717, 1.165) is 43.5 Å². The van der Waals surface area contributed by atoms with Crippen molar-refractivity contribution in [3.8, 4) is 11.5 Å². The second kappa shape index (κ2) is 9.73. The van der Waals surface area contributed by atoms with Crippen LogP contribution in [-0.4, -0.2) is 84.0 Å². The van der Waals surface area contributed by atoms with Crippen molar-refractivity contribution in [3.63, 3.8) is 0 Å². The molecule has 5 rings (SSSR count). The minimum atomic E-state index is -2.18. The van der Waals surface area contributed by atoms with E-state index in [4.69, 9.17) is 23.7 Å². The van der Waals surface area contributed by atoms with Gasteiger partial charge in [-0.25, -0.2) is 4.79 Å². The predicted molar refractivity (Wildman–Crippen MR) is 135 cm³/mol. The molecule has 1 aromatic rings. The second-order valence-electron chi connectivity index (χ2n) is 11.4. The van der Waals surface area contributed by atoms with Crippen LogP contribution in [0.1, 0.15) is 63.0 Å². The zero-order valence-corrected chi connectivity index (χ0v) is 22.5. The minimum Gasteiger partial charge on any atom is -0.497 e. The van der Waals surface area contributed by atoms with E-state index in [2.05, 4.69) is 11.0 Å². The molecule has 1 aromatic carbocycles. The minimum absolute atomic E-state index is 0.0701. The summed E-state index contributed by atoms with van der Waals surface area (Å²) in [6.45, 7) is 5.04. The van der Waals surface area contributed by atoms with Crippen LogP contribution in [0.5, 0.6) is 11.5 Å². The van der Waals surface area contributed by atoms with Gasteiger partial charge in [0.1, 0.15) is 5.76 Å². The maximum atomic E-state index is 13.7. The first-order valence-corrected chi connectivity index (χ1v) is 13.2. The topological polar surface area (TPSA) is 124 Å². The average Bonchev–Trinajstić information content (AvgIpc) is 3.56. The summed E-state index contributed by atoms with van der Waals surface area (Å²) >= 11 is 0. The summed E-state index contributed by atoms with van der Waals surface area (Å²) in [6, 6.07) is 3.99. The number of benzene rings is 1. The molecule has 208 valence electrons. The summed E-state index contributed by atoms with van der Waals surface area (Å²) in [4.78, 5) is 28.3. The van der Waals surface area contributed by atoms with Crippen molar-refractivity contribution in [2.24, 2.45) is 0 Å². The molecule has 2 unspecified atom stereocenters. The quantitative estimate of drug-likeness (QED) is 0.483. The van der Waals surface area contributed by atoms with Crippen LogP contribution >= 0.6 is 0 Å². The number of methoxy groups -OCH3 is 2. The van der Waals surface area contributed by atoms with E-state index in [0.29, 0.717) is 17.3 Å². The van der Waals surface area contributed by atoms with E-state index >= 15 is 0 Å². The van der Waals surface area contributed by atoms with Crippen LogP contribution < -0.4 is 9.47 Å². The highest BCUT2D eigenvalue weighted by atomic mass is 16.7. The molecule has 1 fully saturated rings. The zero-order chi connectivity index (χ0) is 27.3. The van der Waals surface area contributed by atoms with E-state index in [9.17, 15) is 19.8 Å². The van der Waals surface area contributed by atoms with Gasteiger partial charge >= 0.3 is 11.9 Å². The number of nitrogens with zero attached hydrogens (tertiary/aromatic N) is 1. The number of hydrogen-bond acceptors (Lipinski definition) is 10. The van der Waals surface area contributed by atoms with Crippen LogP contribution in [0.2, 0.25) is 0 Å². The lowest BCUT2D eigenvalue weighted by molar-refractivity contribution is -0.179. The van der Waals surface area contributed by atoms with Gasteiger partial charge in [-0.2, -0.15) is 0 Å². The highest BCUT2D eigenvalue weighted by Crippen LogP contribution is 2.55. The van der Waals surface area contributed by atoms with E-state index in [1.165, 1.54) is 7.11 Å². The number of fused-ring (bicyclic) bond motifs is 3. The SMILES string of the molecule is COC(=O)CC(O)(CCC(C)(C)O)C(=O)O[C@@H]1C(OC)=C[C@]23CCCN2CCc2cc4c(cc2C13)OCO4. The maximum Gasteiger partial charge on any atom is 0.339 e. The molecule has 3 aliphatic heterocycles. The summed E-state index contributed by atoms with van der Waals surface area (Å²) in [6.07, 6.45) is 3.18. The highest BCUT2D eigenvalue weighted by molar-refractivity contribution is 5.86. The molecule has 38 heavy (non-hydrogen) atoms. The number of rotatable bonds is 8. The predicted octanol–water partition coefficient (Wildman–Crippen LogP) is 2.19. The standard InChI is InChI=1S/C28H37NO9/c1-26(2,32)8-9-28(33,15-22(30)35-4)25(31)38-24-21(34-3)14-27-7-5-10-29(27)11-6-17-12-19-20(37-16-36-19)13-18(17)23(24)27/h12-14,23-24,32-33H,5-11,15-16H2,1-4H3/t23?,24-,27+,28?/m1/s1. The van der Waals surface area contributed by atoms with E-state index in [1.54, 1.807) is 21.0 Å². The smallest absolute Gasteiger partial charge is 0.339 e. The van der Waals surface area contributed by atoms with Gasteiger partial charge in [-0.3, -0.25) is 9.69 Å². The molecule has 1 spiro atoms. The van der Waals surface area contributed by atoms with E-state index in [1.807, 2.05) is 12.1 Å². The van der Waals surface area contributed by atoms with Gasteiger partial charge in [-0.05, 0) is 81.8 Å². The molecule has 3 heterocycles. The third-order valence-electron chi connectivity index (χ3n) is 8.39. The van der Waals surface area contributed by atoms with Crippen LogP contribution in [-0.2, 0) is 30.2 Å². The summed E-state index contributed by atoms with van der Waals surface area (Å²) in [5.74, 6) is -0.163. The van der Waals surface area contributed by atoms with Crippen LogP contribution in [0.4, 0.5) is 0 Å². The Kier molecular flexibility index (Phi) is 6.86. The van der Waals surface area contributed by atoms with E-state index in [-0.39, 0.29) is 25.6 Å². The molecule has 4 aliphatic rings. The first-order valence-electron chi connectivity index (χ1n) is 13.2. The third kappa shape index (κ3) is 4.63. The molecule has 0 saturated carbocycles. The number of aliphatic hydroxyl groups is 2. The van der Waals surface area contributed by atoms with Gasteiger partial charge in [0.15, 0.2) is 23.2 Å². The summed E-state index contributed by atoms with van der Waals surface area (Å²) in [5, 5.41) is 21.7. The average molecular weight is 532 g/mol. The van der Waals surface area contributed by atoms with Crippen LogP contribution in [0.3, 0.4) is 0 Å². The van der Waals surface area contributed by atoms with Gasteiger partial charge < -0.3 is 33.9 Å². The Morgan fingerprint density at radius 2 is 1.87 bits per heavy atom. The van der Waals surface area contributed by atoms with Crippen LogP contribution in [0, 0.1) is 0 Å². The molecule has 1 saturated heterocycles. The van der Waals surface area contributed by atoms with Crippen molar-refractivity contribution in [2.45, 2.75) is 81.1 Å². The molecule has 10 nitrogen and oxygen atoms in total. The lowest BCUT2D eigenvalue weighted by Crippen LogP contribution is -2.49. The molecule has 0 amide bonds. The Hall–Kier alpha value is -2.82. The fourth-order valence-electron chi connectivity index (χ4n) is 6.41. The van der Waals surface area contributed by atoms with Gasteiger partial charge in [-0.1, -0.05) is 0 Å². The van der Waals surface area contributed by atoms with Gasteiger partial charge in [0.2, 0.25) is 6.79 Å². The Labute approximate surface area is 222 Å². The normalized spacial score (nSPS) is 27.4. The van der Waals surface area contributed by atoms with Crippen molar-refractivity contribution in [2.75, 3.05) is 34.1 Å². The molecule has 1 aliphatic carbocycles. The van der Waals surface area contributed by atoms with Gasteiger partial charge in [-0.15, -0.1) is 0 Å². The molecule has 2 N–H and O–H groups in total. The summed E-state index contributed by atoms with van der Waals surface area (Å²) in [7, 11) is 2.74. The van der Waals surface area contributed by atoms with Gasteiger partial charge in [0.25, 0.3) is 0 Å². The number of ether oxygens (including phenoxy) is 5. The van der Waals surface area contributed by atoms with Crippen molar-refractivity contribution < 1.29 is 43.5 Å².